The molecule has 4 aromatic rings. The third kappa shape index (κ3) is 4.60. The number of hydrogen-bond acceptors (Lipinski definition) is 7. The Morgan fingerprint density at radius 2 is 1.14 bits per heavy atom. The minimum absolute atomic E-state index is 0.0518. The van der Waals surface area contributed by atoms with Gasteiger partial charge in [0.2, 0.25) is 23.6 Å². The number of hydrogen-bond donors (Lipinski definition) is 0. The van der Waals surface area contributed by atoms with Crippen LogP contribution in [0.15, 0.2) is 69.5 Å². The highest BCUT2D eigenvalue weighted by atomic mass is 16.4. The molecule has 2 amide bonds. The predicted octanol–water partition coefficient (Wildman–Crippen LogP) is 4.62. The van der Waals surface area contributed by atoms with Gasteiger partial charge in [-0.2, -0.15) is 0 Å². The van der Waals surface area contributed by atoms with Crippen molar-refractivity contribution in [3.8, 4) is 22.9 Å². The van der Waals surface area contributed by atoms with Gasteiger partial charge in [0.15, 0.2) is 0 Å². The second-order valence-electron chi connectivity index (χ2n) is 9.40. The zero-order valence-corrected chi connectivity index (χ0v) is 20.0. The van der Waals surface area contributed by atoms with Crippen molar-refractivity contribution < 1.29 is 13.6 Å². The van der Waals surface area contributed by atoms with Crippen LogP contribution in [0.5, 0.6) is 0 Å². The van der Waals surface area contributed by atoms with Crippen molar-refractivity contribution in [2.24, 2.45) is 0 Å². The van der Waals surface area contributed by atoms with Gasteiger partial charge < -0.3 is 18.6 Å². The normalized spacial score (nSPS) is 19.8. The van der Waals surface area contributed by atoms with E-state index in [0.717, 1.165) is 49.9 Å². The Balaban J connectivity index is 1.11. The zero-order chi connectivity index (χ0) is 24.3. The van der Waals surface area contributed by atoms with Gasteiger partial charge in [0.25, 0.3) is 0 Å². The van der Waals surface area contributed by atoms with E-state index in [4.69, 9.17) is 8.83 Å². The summed E-state index contributed by atoms with van der Waals surface area (Å²) in [5.74, 6) is 2.15. The molecule has 184 valence electrons. The van der Waals surface area contributed by atoms with Crippen molar-refractivity contribution in [1.29, 1.82) is 0 Å². The fourth-order valence-electron chi connectivity index (χ4n) is 5.23. The smallest absolute Gasteiger partial charge is 0.320 e. The lowest BCUT2D eigenvalue weighted by Gasteiger charge is -2.32. The largest absolute Gasteiger partial charge is 0.421 e. The Morgan fingerprint density at radius 3 is 1.58 bits per heavy atom. The number of carbonyl (C=O) groups excluding carboxylic acids is 1. The third-order valence-corrected chi connectivity index (χ3v) is 7.04. The van der Waals surface area contributed by atoms with E-state index in [1.54, 1.807) is 0 Å². The Morgan fingerprint density at radius 1 is 0.694 bits per heavy atom. The summed E-state index contributed by atoms with van der Waals surface area (Å²) in [4.78, 5) is 17.6. The highest BCUT2D eigenvalue weighted by molar-refractivity contribution is 5.76. The van der Waals surface area contributed by atoms with Crippen LogP contribution in [0.2, 0.25) is 0 Å². The Bertz CT molecular complexity index is 1210. The summed E-state index contributed by atoms with van der Waals surface area (Å²) in [6.45, 7) is 1.48. The maximum absolute atomic E-state index is 13.6. The Kier molecular flexibility index (Phi) is 6.19. The molecule has 9 nitrogen and oxygen atoms in total. The van der Waals surface area contributed by atoms with Crippen molar-refractivity contribution in [3.05, 3.63) is 72.4 Å². The van der Waals surface area contributed by atoms with Crippen molar-refractivity contribution in [3.63, 3.8) is 0 Å². The minimum atomic E-state index is 0.0518. The lowest BCUT2D eigenvalue weighted by atomic mass is 10.1. The second kappa shape index (κ2) is 9.93. The Hall–Kier alpha value is -4.01. The average molecular weight is 485 g/mol. The standard InChI is InChI=1S/C27H28N6O3/c34-27(32-15-7-13-21(32)17-23-28-30-25(35-23)19-9-3-1-4-10-19)33-16-8-14-22(33)18-24-29-31-26(36-24)20-11-5-2-6-12-20/h1-6,9-12,21-22H,7-8,13-18H2/t21-,22-/m0/s1. The van der Waals surface area contributed by atoms with E-state index in [-0.39, 0.29) is 18.1 Å². The molecule has 2 fully saturated rings. The van der Waals surface area contributed by atoms with Crippen LogP contribution < -0.4 is 0 Å². The van der Waals surface area contributed by atoms with Gasteiger partial charge in [0.1, 0.15) is 0 Å². The SMILES string of the molecule is O=C(N1CCC[C@H]1Cc1nnc(-c2ccccc2)o1)N1CCC[C@H]1Cc1nnc(-c2ccccc2)o1. The summed E-state index contributed by atoms with van der Waals surface area (Å²) < 4.78 is 11.8. The summed E-state index contributed by atoms with van der Waals surface area (Å²) in [6.07, 6.45) is 4.93. The lowest BCUT2D eigenvalue weighted by molar-refractivity contribution is 0.140. The molecule has 0 aliphatic carbocycles. The minimum Gasteiger partial charge on any atom is -0.421 e. The van der Waals surface area contributed by atoms with Crippen LogP contribution in [0.1, 0.15) is 37.5 Å². The molecular formula is C27H28N6O3. The molecular weight excluding hydrogens is 456 g/mol. The molecule has 2 aromatic carbocycles. The topological polar surface area (TPSA) is 101 Å². The van der Waals surface area contributed by atoms with E-state index in [1.165, 1.54) is 0 Å². The first-order valence-electron chi connectivity index (χ1n) is 12.6. The number of likely N-dealkylation sites (tertiary alicyclic amines) is 2. The van der Waals surface area contributed by atoms with Crippen molar-refractivity contribution in [1.82, 2.24) is 30.2 Å². The predicted molar refractivity (Wildman–Crippen MR) is 132 cm³/mol. The van der Waals surface area contributed by atoms with Gasteiger partial charge in [-0.25, -0.2) is 4.79 Å². The third-order valence-electron chi connectivity index (χ3n) is 7.04. The van der Waals surface area contributed by atoms with E-state index in [1.807, 2.05) is 70.5 Å². The maximum atomic E-state index is 13.6. The summed E-state index contributed by atoms with van der Waals surface area (Å²) in [5, 5.41) is 16.9. The molecule has 2 saturated heterocycles. The molecule has 2 aliphatic rings. The van der Waals surface area contributed by atoms with Crippen LogP contribution in [0.4, 0.5) is 4.79 Å². The highest BCUT2D eigenvalue weighted by Gasteiger charge is 2.38. The number of aromatic nitrogens is 4. The molecule has 0 saturated carbocycles. The number of amides is 2. The molecule has 0 unspecified atom stereocenters. The molecule has 0 radical (unpaired) electrons. The molecule has 2 atom stereocenters. The summed E-state index contributed by atoms with van der Waals surface area (Å²) in [7, 11) is 0. The number of carbonyl (C=O) groups is 1. The van der Waals surface area contributed by atoms with Crippen LogP contribution in [-0.4, -0.2) is 61.4 Å². The van der Waals surface area contributed by atoms with Gasteiger partial charge in [0, 0.05) is 49.1 Å². The number of nitrogens with zero attached hydrogens (tertiary/aromatic N) is 6. The lowest BCUT2D eigenvalue weighted by Crippen LogP contribution is -2.48. The maximum Gasteiger partial charge on any atom is 0.320 e. The molecule has 6 rings (SSSR count). The first-order valence-corrected chi connectivity index (χ1v) is 12.6. The number of rotatable bonds is 6. The zero-order valence-electron chi connectivity index (χ0n) is 20.0. The van der Waals surface area contributed by atoms with Gasteiger partial charge >= 0.3 is 6.03 Å². The summed E-state index contributed by atoms with van der Waals surface area (Å²) in [6, 6.07) is 19.6. The first kappa shape index (κ1) is 22.5. The summed E-state index contributed by atoms with van der Waals surface area (Å²) >= 11 is 0. The van der Waals surface area contributed by atoms with E-state index in [2.05, 4.69) is 20.4 Å². The monoisotopic (exact) mass is 484 g/mol. The number of benzene rings is 2. The van der Waals surface area contributed by atoms with Crippen LogP contribution in [0, 0.1) is 0 Å². The van der Waals surface area contributed by atoms with Gasteiger partial charge in [-0.3, -0.25) is 0 Å². The molecule has 2 aromatic heterocycles. The molecule has 0 N–H and O–H groups in total. The fourth-order valence-corrected chi connectivity index (χ4v) is 5.23. The van der Waals surface area contributed by atoms with Crippen LogP contribution in [0.3, 0.4) is 0 Å². The van der Waals surface area contributed by atoms with Gasteiger partial charge in [-0.05, 0) is 49.9 Å². The van der Waals surface area contributed by atoms with Gasteiger partial charge in [0.05, 0.1) is 0 Å². The number of urea groups is 1. The highest BCUT2D eigenvalue weighted by Crippen LogP contribution is 2.29. The fraction of sp³-hybridized carbons (Fsp3) is 0.370. The van der Waals surface area contributed by atoms with Crippen LogP contribution in [0.25, 0.3) is 22.9 Å². The second-order valence-corrected chi connectivity index (χ2v) is 9.40. The van der Waals surface area contributed by atoms with E-state index >= 15 is 0 Å². The molecule has 36 heavy (non-hydrogen) atoms. The van der Waals surface area contributed by atoms with Gasteiger partial charge in [-0.15, -0.1) is 20.4 Å². The van der Waals surface area contributed by atoms with Crippen molar-refractivity contribution in [2.75, 3.05) is 13.1 Å². The van der Waals surface area contributed by atoms with Crippen molar-refractivity contribution in [2.45, 2.75) is 50.6 Å². The average Bonchev–Trinajstić information content (AvgIpc) is 3.73. The molecule has 9 heteroatoms. The van der Waals surface area contributed by atoms with Crippen LogP contribution in [-0.2, 0) is 12.8 Å². The molecule has 0 spiro atoms. The van der Waals surface area contributed by atoms with Crippen LogP contribution >= 0.6 is 0 Å². The molecule has 2 aliphatic heterocycles. The first-order chi connectivity index (χ1) is 17.7. The van der Waals surface area contributed by atoms with E-state index in [9.17, 15) is 4.79 Å². The van der Waals surface area contributed by atoms with Gasteiger partial charge in [-0.1, -0.05) is 36.4 Å². The van der Waals surface area contributed by atoms with E-state index in [0.29, 0.717) is 36.4 Å². The quantitative estimate of drug-likeness (QED) is 0.393. The summed E-state index contributed by atoms with van der Waals surface area (Å²) in [5.41, 5.74) is 1.79. The Labute approximate surface area is 209 Å². The molecule has 4 heterocycles. The van der Waals surface area contributed by atoms with E-state index < -0.39 is 0 Å². The van der Waals surface area contributed by atoms with Crippen molar-refractivity contribution >= 4 is 6.03 Å². The molecule has 0 bridgehead atoms.